The van der Waals surface area contributed by atoms with Crippen molar-refractivity contribution < 1.29 is 8.83 Å². The van der Waals surface area contributed by atoms with Crippen molar-refractivity contribution in [1.82, 2.24) is 15.0 Å². The van der Waals surface area contributed by atoms with E-state index in [0.29, 0.717) is 17.5 Å². The summed E-state index contributed by atoms with van der Waals surface area (Å²) < 4.78 is 12.9. The molecule has 5 heteroatoms. The van der Waals surface area contributed by atoms with Gasteiger partial charge in [0.2, 0.25) is 0 Å². The number of hydrogen-bond donors (Lipinski definition) is 0. The number of rotatable bonds is 4. The molecule has 11 aromatic rings. The minimum atomic E-state index is 0.552. The Hall–Kier alpha value is -7.11. The monoisotopic (exact) mass is 665 g/mol. The largest absolute Gasteiger partial charge is 0.456 e. The molecule has 0 aliphatic heterocycles. The average molecular weight is 666 g/mol. The van der Waals surface area contributed by atoms with Crippen molar-refractivity contribution in [3.8, 4) is 45.3 Å². The summed E-state index contributed by atoms with van der Waals surface area (Å²) in [5, 5.41) is 8.80. The van der Waals surface area contributed by atoms with Crippen LogP contribution < -0.4 is 0 Å². The van der Waals surface area contributed by atoms with E-state index < -0.39 is 0 Å². The molecule has 0 radical (unpaired) electrons. The molecule has 5 nitrogen and oxygen atoms in total. The number of aromatic nitrogens is 3. The molecule has 0 saturated carbocycles. The van der Waals surface area contributed by atoms with Crippen LogP contribution in [0.2, 0.25) is 0 Å². The highest BCUT2D eigenvalue weighted by Crippen LogP contribution is 2.41. The molecule has 0 N–H and O–H groups in total. The number of para-hydroxylation sites is 2. The van der Waals surface area contributed by atoms with Crippen molar-refractivity contribution in [1.29, 1.82) is 0 Å². The Morgan fingerprint density at radius 3 is 1.75 bits per heavy atom. The maximum atomic E-state index is 6.63. The van der Waals surface area contributed by atoms with Gasteiger partial charge in [0.25, 0.3) is 0 Å². The number of hydrogen-bond acceptors (Lipinski definition) is 5. The van der Waals surface area contributed by atoms with Crippen LogP contribution in [0.1, 0.15) is 0 Å². The summed E-state index contributed by atoms with van der Waals surface area (Å²) in [4.78, 5) is 15.6. The lowest BCUT2D eigenvalue weighted by atomic mass is 9.97. The van der Waals surface area contributed by atoms with E-state index in [1.807, 2.05) is 36.4 Å². The van der Waals surface area contributed by atoms with E-state index in [-0.39, 0.29) is 0 Å². The van der Waals surface area contributed by atoms with Crippen molar-refractivity contribution in [2.24, 2.45) is 0 Å². The van der Waals surface area contributed by atoms with Gasteiger partial charge in [0.1, 0.15) is 22.3 Å². The zero-order valence-corrected chi connectivity index (χ0v) is 27.7. The van der Waals surface area contributed by atoms with Crippen LogP contribution in [0.15, 0.2) is 173 Å². The predicted octanol–water partition coefficient (Wildman–Crippen LogP) is 12.6. The number of fused-ring (bicyclic) bond motifs is 9. The molecule has 242 valence electrons. The first kappa shape index (κ1) is 28.7. The first-order valence-electron chi connectivity index (χ1n) is 17.3. The van der Waals surface area contributed by atoms with Crippen molar-refractivity contribution in [3.05, 3.63) is 164 Å². The molecule has 0 aliphatic rings. The van der Waals surface area contributed by atoms with Crippen molar-refractivity contribution in [3.63, 3.8) is 0 Å². The molecule has 52 heavy (non-hydrogen) atoms. The number of nitrogens with zero attached hydrogens (tertiary/aromatic N) is 3. The molecule has 0 saturated heterocycles. The molecule has 0 fully saturated rings. The van der Waals surface area contributed by atoms with Crippen LogP contribution in [0, 0.1) is 0 Å². The second-order valence-electron chi connectivity index (χ2n) is 13.2. The maximum absolute atomic E-state index is 6.63. The maximum Gasteiger partial charge on any atom is 0.167 e. The predicted molar refractivity (Wildman–Crippen MR) is 211 cm³/mol. The average Bonchev–Trinajstić information content (AvgIpc) is 3.80. The summed E-state index contributed by atoms with van der Waals surface area (Å²) in [6.07, 6.45) is 0. The third-order valence-electron chi connectivity index (χ3n) is 10.1. The lowest BCUT2D eigenvalue weighted by Crippen LogP contribution is -2.01. The highest BCUT2D eigenvalue weighted by Gasteiger charge is 2.21. The van der Waals surface area contributed by atoms with Crippen LogP contribution in [0.4, 0.5) is 0 Å². The Morgan fingerprint density at radius 2 is 0.923 bits per heavy atom. The normalized spacial score (nSPS) is 11.8. The number of benzene rings is 8. The minimum absolute atomic E-state index is 0.552. The van der Waals surface area contributed by atoms with Gasteiger partial charge in [-0.05, 0) is 69.1 Å². The van der Waals surface area contributed by atoms with E-state index in [2.05, 4.69) is 127 Å². The molecule has 11 rings (SSSR count). The van der Waals surface area contributed by atoms with Gasteiger partial charge in [-0.2, -0.15) is 0 Å². The Balaban J connectivity index is 1.17. The lowest BCUT2D eigenvalue weighted by molar-refractivity contribution is 0.669. The molecule has 0 amide bonds. The van der Waals surface area contributed by atoms with Gasteiger partial charge in [0, 0.05) is 32.7 Å². The Labute approximate surface area is 297 Å². The topological polar surface area (TPSA) is 65.0 Å². The summed E-state index contributed by atoms with van der Waals surface area (Å²) >= 11 is 0. The summed E-state index contributed by atoms with van der Waals surface area (Å²) in [7, 11) is 0. The first-order chi connectivity index (χ1) is 25.7. The number of furan rings is 2. The fourth-order valence-corrected chi connectivity index (χ4v) is 7.66. The van der Waals surface area contributed by atoms with Gasteiger partial charge in [-0.3, -0.25) is 0 Å². The van der Waals surface area contributed by atoms with Crippen LogP contribution in [-0.4, -0.2) is 15.0 Å². The Bertz CT molecular complexity index is 3210. The molecule has 0 atom stereocenters. The molecule has 0 aliphatic carbocycles. The van der Waals surface area contributed by atoms with Crippen molar-refractivity contribution >= 4 is 65.4 Å². The second kappa shape index (κ2) is 11.2. The van der Waals surface area contributed by atoms with Crippen LogP contribution in [0.5, 0.6) is 0 Å². The van der Waals surface area contributed by atoms with Gasteiger partial charge in [0.05, 0.1) is 5.56 Å². The quantitative estimate of drug-likeness (QED) is 0.187. The second-order valence-corrected chi connectivity index (χ2v) is 13.2. The zero-order valence-electron chi connectivity index (χ0n) is 27.7. The molecule has 0 unspecified atom stereocenters. The van der Waals surface area contributed by atoms with E-state index >= 15 is 0 Å². The standard InChI is InChI=1S/C47H27N3O2/c1-2-12-29-25-33(24-23-28(29)11-1)46-48-45(32-15-9-14-30(26-32)34-19-10-22-41-42(34)36-17-5-7-20-39(36)51-41)49-47(50-46)38-27-31-13-3-4-16-35(31)43-37-18-6-8-21-40(37)52-44(38)43/h1-27H. The van der Waals surface area contributed by atoms with Crippen molar-refractivity contribution in [2.45, 2.75) is 0 Å². The van der Waals surface area contributed by atoms with E-state index in [9.17, 15) is 0 Å². The third-order valence-corrected chi connectivity index (χ3v) is 10.1. The van der Waals surface area contributed by atoms with Crippen molar-refractivity contribution in [2.75, 3.05) is 0 Å². The van der Waals surface area contributed by atoms with E-state index in [4.69, 9.17) is 23.8 Å². The summed E-state index contributed by atoms with van der Waals surface area (Å²) in [5.41, 5.74) is 8.07. The SMILES string of the molecule is c1cc(-c2nc(-c3ccc4ccccc4c3)nc(-c3cc4ccccc4c4c3oc3ccccc34)n2)cc(-c2cccc3oc4ccccc4c23)c1. The zero-order chi connectivity index (χ0) is 34.2. The fraction of sp³-hybridized carbons (Fsp3) is 0. The smallest absolute Gasteiger partial charge is 0.167 e. The molecular formula is C47H27N3O2. The van der Waals surface area contributed by atoms with Gasteiger partial charge in [-0.15, -0.1) is 0 Å². The van der Waals surface area contributed by atoms with Gasteiger partial charge in [0.15, 0.2) is 17.5 Å². The molecule has 0 spiro atoms. The minimum Gasteiger partial charge on any atom is -0.456 e. The van der Waals surface area contributed by atoms with E-state index in [1.165, 1.54) is 0 Å². The van der Waals surface area contributed by atoms with Gasteiger partial charge in [-0.25, -0.2) is 15.0 Å². The van der Waals surface area contributed by atoms with Crippen LogP contribution in [0.3, 0.4) is 0 Å². The summed E-state index contributed by atoms with van der Waals surface area (Å²) in [6.45, 7) is 0. The lowest BCUT2D eigenvalue weighted by Gasteiger charge is -2.11. The van der Waals surface area contributed by atoms with E-state index in [1.54, 1.807) is 0 Å². The van der Waals surface area contributed by atoms with Crippen LogP contribution in [0.25, 0.3) is 111 Å². The Morgan fingerprint density at radius 1 is 0.327 bits per heavy atom. The Kier molecular flexibility index (Phi) is 6.18. The molecular weight excluding hydrogens is 639 g/mol. The molecule has 8 aromatic carbocycles. The fourth-order valence-electron chi connectivity index (χ4n) is 7.66. The highest BCUT2D eigenvalue weighted by atomic mass is 16.3. The summed E-state index contributed by atoms with van der Waals surface area (Å²) in [5.74, 6) is 1.73. The van der Waals surface area contributed by atoms with Gasteiger partial charge >= 0.3 is 0 Å². The van der Waals surface area contributed by atoms with Gasteiger partial charge < -0.3 is 8.83 Å². The van der Waals surface area contributed by atoms with Crippen LogP contribution >= 0.6 is 0 Å². The molecule has 0 bridgehead atoms. The first-order valence-corrected chi connectivity index (χ1v) is 17.3. The van der Waals surface area contributed by atoms with Gasteiger partial charge in [-0.1, -0.05) is 127 Å². The summed E-state index contributed by atoms with van der Waals surface area (Å²) in [6, 6.07) is 56.3. The van der Waals surface area contributed by atoms with Crippen LogP contribution in [-0.2, 0) is 0 Å². The van der Waals surface area contributed by atoms with E-state index in [0.717, 1.165) is 93.2 Å². The third kappa shape index (κ3) is 4.46. The highest BCUT2D eigenvalue weighted by molar-refractivity contribution is 6.22. The molecule has 3 aromatic heterocycles. The molecule has 3 heterocycles.